The van der Waals surface area contributed by atoms with Gasteiger partial charge in [-0.1, -0.05) is 6.07 Å². The Morgan fingerprint density at radius 2 is 2.15 bits per heavy atom. The summed E-state index contributed by atoms with van der Waals surface area (Å²) >= 11 is 1.41. The van der Waals surface area contributed by atoms with Crippen molar-refractivity contribution < 1.29 is 9.90 Å². The molecule has 0 atom stereocenters. The van der Waals surface area contributed by atoms with E-state index in [9.17, 15) is 9.90 Å². The Hall–Kier alpha value is -2.08. The fourth-order valence-electron chi connectivity index (χ4n) is 1.77. The molecule has 0 unspecified atom stereocenters. The Kier molecular flexibility index (Phi) is 4.57. The predicted octanol–water partition coefficient (Wildman–Crippen LogP) is 2.82. The van der Waals surface area contributed by atoms with E-state index in [1.807, 2.05) is 19.2 Å². The molecule has 5 nitrogen and oxygen atoms in total. The van der Waals surface area contributed by atoms with Crippen molar-refractivity contribution in [1.82, 2.24) is 9.97 Å². The molecule has 0 aliphatic rings. The van der Waals surface area contributed by atoms with Gasteiger partial charge in [-0.15, -0.1) is 11.8 Å². The molecule has 0 aliphatic carbocycles. The molecule has 1 heterocycles. The Balaban J connectivity index is 2.21. The summed E-state index contributed by atoms with van der Waals surface area (Å²) in [7, 11) is 0. The number of aryl methyl sites for hydroxylation is 1. The summed E-state index contributed by atoms with van der Waals surface area (Å²) in [6.45, 7) is 2.31. The first-order valence-electron chi connectivity index (χ1n) is 6.03. The average molecular weight is 289 g/mol. The van der Waals surface area contributed by atoms with E-state index in [0.29, 0.717) is 17.8 Å². The standard InChI is InChI=1S/C14H15N3O2S/c1-9-6-16-10(7-15-9)8-17-11-4-3-5-12(20-2)13(11)14(18)19/h3-7,17H,8H2,1-2H3,(H,18,19). The van der Waals surface area contributed by atoms with Gasteiger partial charge in [-0.3, -0.25) is 9.97 Å². The molecule has 0 bridgehead atoms. The van der Waals surface area contributed by atoms with Crippen LogP contribution < -0.4 is 5.32 Å². The molecule has 104 valence electrons. The Bertz CT molecular complexity index is 614. The van der Waals surface area contributed by atoms with E-state index in [4.69, 9.17) is 0 Å². The number of hydrogen-bond acceptors (Lipinski definition) is 5. The lowest BCUT2D eigenvalue weighted by Crippen LogP contribution is -2.08. The first-order chi connectivity index (χ1) is 9.61. The third kappa shape index (κ3) is 3.27. The lowest BCUT2D eigenvalue weighted by molar-refractivity contribution is 0.0694. The van der Waals surface area contributed by atoms with Crippen LogP contribution in [0.25, 0.3) is 0 Å². The van der Waals surface area contributed by atoms with E-state index in [-0.39, 0.29) is 0 Å². The Morgan fingerprint density at radius 1 is 1.35 bits per heavy atom. The monoisotopic (exact) mass is 289 g/mol. The maximum Gasteiger partial charge on any atom is 0.338 e. The van der Waals surface area contributed by atoms with Gasteiger partial charge >= 0.3 is 5.97 Å². The number of hydrogen-bond donors (Lipinski definition) is 2. The summed E-state index contributed by atoms with van der Waals surface area (Å²) in [6, 6.07) is 5.39. The van der Waals surface area contributed by atoms with Gasteiger partial charge in [0.1, 0.15) is 0 Å². The van der Waals surface area contributed by atoms with Crippen LogP contribution in [0.15, 0.2) is 35.5 Å². The van der Waals surface area contributed by atoms with Crippen molar-refractivity contribution in [2.75, 3.05) is 11.6 Å². The van der Waals surface area contributed by atoms with Gasteiger partial charge in [0.25, 0.3) is 0 Å². The second kappa shape index (κ2) is 6.38. The van der Waals surface area contributed by atoms with E-state index in [1.165, 1.54) is 11.8 Å². The number of aromatic carboxylic acids is 1. The molecule has 0 fully saturated rings. The predicted molar refractivity (Wildman–Crippen MR) is 79.3 cm³/mol. The molecular formula is C14H15N3O2S. The lowest BCUT2D eigenvalue weighted by Gasteiger charge is -2.12. The van der Waals surface area contributed by atoms with Crippen molar-refractivity contribution >= 4 is 23.4 Å². The van der Waals surface area contributed by atoms with Gasteiger partial charge in [0, 0.05) is 11.1 Å². The van der Waals surface area contributed by atoms with Gasteiger partial charge < -0.3 is 10.4 Å². The van der Waals surface area contributed by atoms with E-state index in [1.54, 1.807) is 24.5 Å². The highest BCUT2D eigenvalue weighted by atomic mass is 32.2. The molecule has 2 N–H and O–H groups in total. The van der Waals surface area contributed by atoms with Crippen molar-refractivity contribution in [3.05, 3.63) is 47.5 Å². The Morgan fingerprint density at radius 3 is 2.75 bits per heavy atom. The van der Waals surface area contributed by atoms with Crippen LogP contribution in [-0.2, 0) is 6.54 Å². The van der Waals surface area contributed by atoms with Gasteiger partial charge in [-0.2, -0.15) is 0 Å². The quantitative estimate of drug-likeness (QED) is 0.824. The van der Waals surface area contributed by atoms with E-state index < -0.39 is 5.97 Å². The van der Waals surface area contributed by atoms with Gasteiger partial charge in [0.15, 0.2) is 0 Å². The van der Waals surface area contributed by atoms with Crippen LogP contribution in [-0.4, -0.2) is 27.3 Å². The number of thioether (sulfide) groups is 1. The molecule has 1 aromatic heterocycles. The summed E-state index contributed by atoms with van der Waals surface area (Å²) in [4.78, 5) is 20.5. The molecule has 1 aromatic carbocycles. The molecule has 2 rings (SSSR count). The number of benzene rings is 1. The zero-order valence-electron chi connectivity index (χ0n) is 11.3. The minimum absolute atomic E-state index is 0.292. The molecule has 2 aromatic rings. The number of carboxylic acid groups (broad SMARTS) is 1. The molecular weight excluding hydrogens is 274 g/mol. The van der Waals surface area contributed by atoms with Crippen LogP contribution in [0.5, 0.6) is 0 Å². The molecule has 20 heavy (non-hydrogen) atoms. The SMILES string of the molecule is CSc1cccc(NCc2cnc(C)cn2)c1C(=O)O. The maximum atomic E-state index is 11.4. The third-order valence-corrected chi connectivity index (χ3v) is 3.53. The van der Waals surface area contributed by atoms with Gasteiger partial charge in [0.2, 0.25) is 0 Å². The molecule has 0 saturated heterocycles. The second-order valence-corrected chi connectivity index (χ2v) is 5.04. The van der Waals surface area contributed by atoms with Gasteiger partial charge in [0.05, 0.1) is 35.4 Å². The molecule has 0 radical (unpaired) electrons. The topological polar surface area (TPSA) is 75.1 Å². The van der Waals surface area contributed by atoms with Crippen LogP contribution in [0, 0.1) is 6.92 Å². The number of anilines is 1. The van der Waals surface area contributed by atoms with Crippen molar-refractivity contribution in [1.29, 1.82) is 0 Å². The number of nitrogens with one attached hydrogen (secondary N) is 1. The second-order valence-electron chi connectivity index (χ2n) is 4.19. The highest BCUT2D eigenvalue weighted by molar-refractivity contribution is 7.98. The fraction of sp³-hybridized carbons (Fsp3) is 0.214. The number of aromatic nitrogens is 2. The zero-order valence-corrected chi connectivity index (χ0v) is 12.1. The van der Waals surface area contributed by atoms with E-state index >= 15 is 0 Å². The number of carboxylic acids is 1. The average Bonchev–Trinajstić information content (AvgIpc) is 2.46. The molecule has 0 spiro atoms. The third-order valence-electron chi connectivity index (χ3n) is 2.75. The molecule has 0 saturated carbocycles. The van der Waals surface area contributed by atoms with Crippen LogP contribution in [0.4, 0.5) is 5.69 Å². The molecule has 0 amide bonds. The highest BCUT2D eigenvalue weighted by Crippen LogP contribution is 2.27. The van der Waals surface area contributed by atoms with Crippen molar-refractivity contribution in [2.45, 2.75) is 18.4 Å². The van der Waals surface area contributed by atoms with Gasteiger partial charge in [-0.25, -0.2) is 4.79 Å². The van der Waals surface area contributed by atoms with Crippen LogP contribution >= 0.6 is 11.8 Å². The molecule has 0 aliphatic heterocycles. The van der Waals surface area contributed by atoms with Gasteiger partial charge in [-0.05, 0) is 25.3 Å². The Labute approximate surface area is 121 Å². The number of nitrogens with zero attached hydrogens (tertiary/aromatic N) is 2. The summed E-state index contributed by atoms with van der Waals surface area (Å²) in [5.74, 6) is -0.938. The minimum Gasteiger partial charge on any atom is -0.478 e. The number of rotatable bonds is 5. The molecule has 6 heteroatoms. The summed E-state index contributed by atoms with van der Waals surface area (Å²) in [5.41, 5.74) is 2.50. The first kappa shape index (κ1) is 14.3. The van der Waals surface area contributed by atoms with E-state index in [0.717, 1.165) is 16.3 Å². The summed E-state index contributed by atoms with van der Waals surface area (Å²) in [6.07, 6.45) is 5.23. The lowest BCUT2D eigenvalue weighted by atomic mass is 10.1. The summed E-state index contributed by atoms with van der Waals surface area (Å²) in [5, 5.41) is 12.4. The first-order valence-corrected chi connectivity index (χ1v) is 7.26. The van der Waals surface area contributed by atoms with Crippen LogP contribution in [0.3, 0.4) is 0 Å². The number of carbonyl (C=O) groups is 1. The maximum absolute atomic E-state index is 11.4. The van der Waals surface area contributed by atoms with Crippen molar-refractivity contribution in [3.63, 3.8) is 0 Å². The highest BCUT2D eigenvalue weighted by Gasteiger charge is 2.14. The minimum atomic E-state index is -0.938. The fourth-order valence-corrected chi connectivity index (χ4v) is 2.38. The van der Waals surface area contributed by atoms with Crippen molar-refractivity contribution in [2.24, 2.45) is 0 Å². The summed E-state index contributed by atoms with van der Waals surface area (Å²) < 4.78 is 0. The van der Waals surface area contributed by atoms with E-state index in [2.05, 4.69) is 15.3 Å². The van der Waals surface area contributed by atoms with Crippen molar-refractivity contribution in [3.8, 4) is 0 Å². The normalized spacial score (nSPS) is 10.3. The smallest absolute Gasteiger partial charge is 0.338 e. The van der Waals surface area contributed by atoms with Crippen LogP contribution in [0.1, 0.15) is 21.7 Å². The largest absolute Gasteiger partial charge is 0.478 e. The van der Waals surface area contributed by atoms with Crippen LogP contribution in [0.2, 0.25) is 0 Å². The zero-order chi connectivity index (χ0) is 14.5.